The van der Waals surface area contributed by atoms with E-state index in [1.165, 1.54) is 6.07 Å². The first kappa shape index (κ1) is 17.1. The zero-order valence-corrected chi connectivity index (χ0v) is 14.5. The summed E-state index contributed by atoms with van der Waals surface area (Å²) in [6, 6.07) is 10.3. The molecule has 1 N–H and O–H groups in total. The molecule has 1 amide bonds. The van der Waals surface area contributed by atoms with Crippen molar-refractivity contribution in [2.45, 2.75) is 12.6 Å². The summed E-state index contributed by atoms with van der Waals surface area (Å²) >= 11 is 0. The lowest BCUT2D eigenvalue weighted by molar-refractivity contribution is 0.0902. The van der Waals surface area contributed by atoms with E-state index in [2.05, 4.69) is 15.2 Å². The van der Waals surface area contributed by atoms with Gasteiger partial charge in [-0.05, 0) is 18.2 Å². The number of rotatable bonds is 5. The Morgan fingerprint density at radius 3 is 2.85 bits per heavy atom. The third-order valence-corrected chi connectivity index (χ3v) is 5.33. The van der Waals surface area contributed by atoms with Crippen LogP contribution in [0.2, 0.25) is 0 Å². The van der Waals surface area contributed by atoms with E-state index < -0.39 is 0 Å². The molecular formula is C20H22FN3O2. The van der Waals surface area contributed by atoms with Crippen molar-refractivity contribution >= 4 is 5.91 Å². The molecule has 0 aliphatic carbocycles. The van der Waals surface area contributed by atoms with Gasteiger partial charge in [0.05, 0.1) is 12.7 Å². The minimum Gasteiger partial charge on any atom is -0.376 e. The number of carbonyl (C=O) groups is 1. The van der Waals surface area contributed by atoms with Gasteiger partial charge in [0.15, 0.2) is 0 Å². The minimum atomic E-state index is -0.161. The molecule has 3 heterocycles. The lowest BCUT2D eigenvalue weighted by Crippen LogP contribution is -2.34. The summed E-state index contributed by atoms with van der Waals surface area (Å²) < 4.78 is 19.8. The van der Waals surface area contributed by atoms with Crippen molar-refractivity contribution < 1.29 is 13.9 Å². The smallest absolute Gasteiger partial charge is 0.251 e. The number of halogens is 1. The van der Waals surface area contributed by atoms with Gasteiger partial charge in [0.25, 0.3) is 5.91 Å². The van der Waals surface area contributed by atoms with Crippen molar-refractivity contribution in [3.63, 3.8) is 0 Å². The van der Waals surface area contributed by atoms with Gasteiger partial charge in [-0.3, -0.25) is 14.7 Å². The first-order valence-electron chi connectivity index (χ1n) is 8.96. The number of hydrogen-bond donors (Lipinski definition) is 1. The van der Waals surface area contributed by atoms with Gasteiger partial charge in [-0.25, -0.2) is 4.39 Å². The van der Waals surface area contributed by atoms with E-state index in [0.717, 1.165) is 18.7 Å². The van der Waals surface area contributed by atoms with Crippen LogP contribution in [0.3, 0.4) is 0 Å². The first-order valence-corrected chi connectivity index (χ1v) is 8.96. The highest BCUT2D eigenvalue weighted by Crippen LogP contribution is 2.34. The maximum Gasteiger partial charge on any atom is 0.251 e. The summed E-state index contributed by atoms with van der Waals surface area (Å²) in [4.78, 5) is 18.4. The summed E-state index contributed by atoms with van der Waals surface area (Å²) in [7, 11) is 0. The van der Waals surface area contributed by atoms with E-state index in [9.17, 15) is 9.18 Å². The molecule has 136 valence electrons. The van der Waals surface area contributed by atoms with Gasteiger partial charge in [0.2, 0.25) is 0 Å². The lowest BCUT2D eigenvalue weighted by atomic mass is 9.93. The number of nitrogens with one attached hydrogen (secondary N) is 1. The number of pyridine rings is 1. The molecule has 0 saturated carbocycles. The Kier molecular flexibility index (Phi) is 4.95. The zero-order valence-electron chi connectivity index (χ0n) is 14.5. The maximum atomic E-state index is 13.9. The summed E-state index contributed by atoms with van der Waals surface area (Å²) in [6.07, 6.45) is 3.40. The normalized spacial score (nSPS) is 25.2. The molecule has 2 aliphatic heterocycles. The van der Waals surface area contributed by atoms with Crippen LogP contribution in [0, 0.1) is 17.7 Å². The van der Waals surface area contributed by atoms with Crippen LogP contribution in [0.25, 0.3) is 0 Å². The van der Waals surface area contributed by atoms with Gasteiger partial charge >= 0.3 is 0 Å². The molecule has 5 nitrogen and oxygen atoms in total. The SMILES string of the molecule is O=C(NC[C@@H]1CO[C@H]2CN(Cc3ccccc3F)C[C@@H]12)c1ccncc1. The third kappa shape index (κ3) is 3.61. The van der Waals surface area contributed by atoms with Crippen LogP contribution in [0.5, 0.6) is 0 Å². The lowest BCUT2D eigenvalue weighted by Gasteiger charge is -2.20. The highest BCUT2D eigenvalue weighted by Gasteiger charge is 2.43. The van der Waals surface area contributed by atoms with Crippen molar-refractivity contribution in [3.05, 3.63) is 65.7 Å². The van der Waals surface area contributed by atoms with Gasteiger partial charge in [0, 0.05) is 61.5 Å². The Hall–Kier alpha value is -2.31. The van der Waals surface area contributed by atoms with E-state index in [1.807, 2.05) is 12.1 Å². The number of aromatic nitrogens is 1. The largest absolute Gasteiger partial charge is 0.376 e. The van der Waals surface area contributed by atoms with E-state index in [1.54, 1.807) is 30.6 Å². The molecule has 2 saturated heterocycles. The Labute approximate surface area is 152 Å². The summed E-state index contributed by atoms with van der Waals surface area (Å²) in [5, 5.41) is 3.00. The van der Waals surface area contributed by atoms with Crippen LogP contribution in [0.15, 0.2) is 48.8 Å². The number of nitrogens with zero attached hydrogens (tertiary/aromatic N) is 2. The van der Waals surface area contributed by atoms with Crippen molar-refractivity contribution in [2.75, 3.05) is 26.2 Å². The Morgan fingerprint density at radius 2 is 2.04 bits per heavy atom. The molecule has 0 bridgehead atoms. The van der Waals surface area contributed by atoms with E-state index in [4.69, 9.17) is 4.74 Å². The molecule has 0 unspecified atom stereocenters. The van der Waals surface area contributed by atoms with Gasteiger partial charge in [-0.1, -0.05) is 18.2 Å². The summed E-state index contributed by atoms with van der Waals surface area (Å²) in [5.41, 5.74) is 1.33. The molecular weight excluding hydrogens is 333 g/mol. The summed E-state index contributed by atoms with van der Waals surface area (Å²) in [5.74, 6) is 0.416. The molecule has 2 aromatic rings. The molecule has 0 spiro atoms. The second-order valence-corrected chi connectivity index (χ2v) is 7.03. The third-order valence-electron chi connectivity index (χ3n) is 5.33. The van der Waals surface area contributed by atoms with Crippen LogP contribution in [0.1, 0.15) is 15.9 Å². The molecule has 1 aromatic carbocycles. The number of benzene rings is 1. The van der Waals surface area contributed by atoms with Gasteiger partial charge < -0.3 is 10.1 Å². The van der Waals surface area contributed by atoms with Crippen LogP contribution < -0.4 is 5.32 Å². The number of ether oxygens (including phenoxy) is 1. The van der Waals surface area contributed by atoms with Crippen molar-refractivity contribution in [3.8, 4) is 0 Å². The topological polar surface area (TPSA) is 54.5 Å². The van der Waals surface area contributed by atoms with Crippen molar-refractivity contribution in [1.29, 1.82) is 0 Å². The van der Waals surface area contributed by atoms with Gasteiger partial charge in [-0.15, -0.1) is 0 Å². The molecule has 6 heteroatoms. The standard InChI is InChI=1S/C20H22FN3O2/c21-18-4-2-1-3-15(18)10-24-11-17-16(13-26-19(17)12-24)9-23-20(25)14-5-7-22-8-6-14/h1-8,16-17,19H,9-13H2,(H,23,25)/t16-,17+,19+/m1/s1. The van der Waals surface area contributed by atoms with Crippen LogP contribution in [-0.4, -0.2) is 48.1 Å². The molecule has 0 radical (unpaired) electrons. The highest BCUT2D eigenvalue weighted by molar-refractivity contribution is 5.93. The Bertz CT molecular complexity index is 771. The average Bonchev–Trinajstić information content (AvgIpc) is 3.23. The van der Waals surface area contributed by atoms with Crippen molar-refractivity contribution in [2.24, 2.45) is 11.8 Å². The molecule has 4 rings (SSSR count). The zero-order chi connectivity index (χ0) is 17.9. The monoisotopic (exact) mass is 355 g/mol. The van der Waals surface area contributed by atoms with Gasteiger partial charge in [-0.2, -0.15) is 0 Å². The fraction of sp³-hybridized carbons (Fsp3) is 0.400. The quantitative estimate of drug-likeness (QED) is 0.892. The molecule has 3 atom stereocenters. The van der Waals surface area contributed by atoms with E-state index >= 15 is 0 Å². The predicted molar refractivity (Wildman–Crippen MR) is 95.0 cm³/mol. The highest BCUT2D eigenvalue weighted by atomic mass is 19.1. The molecule has 1 aromatic heterocycles. The fourth-order valence-electron chi connectivity index (χ4n) is 3.92. The Balaban J connectivity index is 1.32. The van der Waals surface area contributed by atoms with Crippen LogP contribution in [-0.2, 0) is 11.3 Å². The average molecular weight is 355 g/mol. The number of amides is 1. The first-order chi connectivity index (χ1) is 12.7. The molecule has 26 heavy (non-hydrogen) atoms. The van der Waals surface area contributed by atoms with Gasteiger partial charge in [0.1, 0.15) is 5.82 Å². The number of likely N-dealkylation sites (tertiary alicyclic amines) is 1. The number of carbonyl (C=O) groups excluding carboxylic acids is 1. The molecule has 2 aliphatic rings. The van der Waals surface area contributed by atoms with E-state index in [0.29, 0.717) is 31.2 Å². The summed E-state index contributed by atoms with van der Waals surface area (Å²) in [6.45, 7) is 3.54. The second-order valence-electron chi connectivity index (χ2n) is 7.03. The van der Waals surface area contributed by atoms with Crippen molar-refractivity contribution in [1.82, 2.24) is 15.2 Å². The van der Waals surface area contributed by atoms with Crippen LogP contribution >= 0.6 is 0 Å². The fourth-order valence-corrected chi connectivity index (χ4v) is 3.92. The minimum absolute atomic E-state index is 0.0861. The molecule has 2 fully saturated rings. The second kappa shape index (κ2) is 7.51. The maximum absolute atomic E-state index is 13.9. The number of fused-ring (bicyclic) bond motifs is 1. The predicted octanol–water partition coefficient (Wildman–Crippen LogP) is 2.10. The van der Waals surface area contributed by atoms with Crippen LogP contribution in [0.4, 0.5) is 4.39 Å². The van der Waals surface area contributed by atoms with E-state index in [-0.39, 0.29) is 23.7 Å². The Morgan fingerprint density at radius 1 is 1.23 bits per heavy atom. The number of hydrogen-bond acceptors (Lipinski definition) is 4.